The van der Waals surface area contributed by atoms with E-state index in [1.165, 1.54) is 11.3 Å². The molecule has 0 unspecified atom stereocenters. The van der Waals surface area contributed by atoms with Crippen molar-refractivity contribution in [2.75, 3.05) is 5.32 Å². The summed E-state index contributed by atoms with van der Waals surface area (Å²) >= 11 is 1.41. The van der Waals surface area contributed by atoms with Gasteiger partial charge in [-0.25, -0.2) is 4.68 Å². The van der Waals surface area contributed by atoms with E-state index in [-0.39, 0.29) is 5.91 Å². The summed E-state index contributed by atoms with van der Waals surface area (Å²) in [6.45, 7) is 2.13. The van der Waals surface area contributed by atoms with Crippen LogP contribution in [-0.4, -0.2) is 25.9 Å². The van der Waals surface area contributed by atoms with Crippen molar-refractivity contribution in [2.45, 2.75) is 26.2 Å². The third-order valence-corrected chi connectivity index (χ3v) is 4.17. The van der Waals surface area contributed by atoms with E-state index in [1.54, 1.807) is 16.9 Å². The van der Waals surface area contributed by atoms with Crippen LogP contribution in [0.4, 0.5) is 5.13 Å². The van der Waals surface area contributed by atoms with Crippen molar-refractivity contribution in [1.82, 2.24) is 20.0 Å². The highest BCUT2D eigenvalue weighted by Crippen LogP contribution is 2.18. The van der Waals surface area contributed by atoms with E-state index in [9.17, 15) is 4.79 Å². The maximum absolute atomic E-state index is 12.2. The van der Waals surface area contributed by atoms with Crippen LogP contribution >= 0.6 is 11.3 Å². The van der Waals surface area contributed by atoms with Gasteiger partial charge in [0.1, 0.15) is 5.01 Å². The Morgan fingerprint density at radius 1 is 1.22 bits per heavy atom. The Morgan fingerprint density at radius 2 is 2.04 bits per heavy atom. The van der Waals surface area contributed by atoms with E-state index in [0.29, 0.717) is 10.8 Å². The first kappa shape index (κ1) is 15.4. The predicted molar refractivity (Wildman–Crippen MR) is 90.0 cm³/mol. The van der Waals surface area contributed by atoms with Gasteiger partial charge in [-0.05, 0) is 24.6 Å². The van der Waals surface area contributed by atoms with Gasteiger partial charge in [0.05, 0.1) is 5.69 Å². The molecule has 0 saturated carbocycles. The summed E-state index contributed by atoms with van der Waals surface area (Å²) in [6, 6.07) is 11.3. The second kappa shape index (κ2) is 7.15. The summed E-state index contributed by atoms with van der Waals surface area (Å²) in [6.07, 6.45) is 4.84. The van der Waals surface area contributed by atoms with E-state index in [1.807, 2.05) is 30.3 Å². The summed E-state index contributed by atoms with van der Waals surface area (Å²) in [7, 11) is 0. The SMILES string of the molecule is CCCCc1nnc(NC(=O)c2ccn(-c3ccccc3)n2)s1. The van der Waals surface area contributed by atoms with Gasteiger partial charge in [0.15, 0.2) is 5.69 Å². The number of anilines is 1. The Hall–Kier alpha value is -2.54. The Morgan fingerprint density at radius 3 is 2.83 bits per heavy atom. The molecule has 0 bridgehead atoms. The fraction of sp³-hybridized carbons (Fsp3) is 0.250. The van der Waals surface area contributed by atoms with Crippen LogP contribution in [0.3, 0.4) is 0 Å². The Bertz CT molecular complexity index is 781. The molecule has 0 aliphatic heterocycles. The molecule has 6 nitrogen and oxygen atoms in total. The van der Waals surface area contributed by atoms with Gasteiger partial charge in [0.2, 0.25) is 5.13 Å². The lowest BCUT2D eigenvalue weighted by molar-refractivity contribution is 0.102. The number of unbranched alkanes of at least 4 members (excludes halogenated alkanes) is 1. The molecule has 0 saturated heterocycles. The predicted octanol–water partition coefficient (Wildman–Crippen LogP) is 3.32. The van der Waals surface area contributed by atoms with Gasteiger partial charge in [-0.2, -0.15) is 5.10 Å². The summed E-state index contributed by atoms with van der Waals surface area (Å²) in [5, 5.41) is 16.6. The zero-order valence-corrected chi connectivity index (χ0v) is 13.6. The van der Waals surface area contributed by atoms with Crippen LogP contribution < -0.4 is 5.32 Å². The molecule has 0 radical (unpaired) electrons. The third-order valence-electron chi connectivity index (χ3n) is 3.27. The maximum Gasteiger partial charge on any atom is 0.277 e. The molecular weight excluding hydrogens is 310 g/mol. The highest BCUT2D eigenvalue weighted by atomic mass is 32.1. The summed E-state index contributed by atoms with van der Waals surface area (Å²) in [4.78, 5) is 12.2. The number of carbonyl (C=O) groups is 1. The lowest BCUT2D eigenvalue weighted by Crippen LogP contribution is -2.13. The van der Waals surface area contributed by atoms with E-state index in [2.05, 4.69) is 27.5 Å². The zero-order valence-electron chi connectivity index (χ0n) is 12.8. The normalized spacial score (nSPS) is 10.7. The quantitative estimate of drug-likeness (QED) is 0.754. The number of hydrogen-bond donors (Lipinski definition) is 1. The van der Waals surface area contributed by atoms with Gasteiger partial charge in [0, 0.05) is 12.6 Å². The first-order valence-corrected chi connectivity index (χ1v) is 8.32. The number of nitrogens with one attached hydrogen (secondary N) is 1. The molecule has 3 rings (SSSR count). The lowest BCUT2D eigenvalue weighted by Gasteiger charge is -2.00. The van der Waals surface area contributed by atoms with Crippen molar-refractivity contribution in [3.05, 3.63) is 53.3 Å². The van der Waals surface area contributed by atoms with Crippen molar-refractivity contribution in [3.8, 4) is 5.69 Å². The van der Waals surface area contributed by atoms with Crippen molar-refractivity contribution < 1.29 is 4.79 Å². The van der Waals surface area contributed by atoms with Gasteiger partial charge < -0.3 is 0 Å². The fourth-order valence-corrected chi connectivity index (χ4v) is 2.84. The molecular formula is C16H17N5OS. The number of carbonyl (C=O) groups excluding carboxylic acids is 1. The van der Waals surface area contributed by atoms with Crippen molar-refractivity contribution in [1.29, 1.82) is 0 Å². The van der Waals surface area contributed by atoms with Gasteiger partial charge in [-0.3, -0.25) is 10.1 Å². The first-order chi connectivity index (χ1) is 11.3. The molecule has 0 aliphatic rings. The average molecular weight is 327 g/mol. The van der Waals surface area contributed by atoms with Crippen molar-refractivity contribution in [3.63, 3.8) is 0 Å². The molecule has 7 heteroatoms. The monoisotopic (exact) mass is 327 g/mol. The molecule has 0 atom stereocenters. The maximum atomic E-state index is 12.2. The molecule has 1 amide bonds. The molecule has 118 valence electrons. The topological polar surface area (TPSA) is 72.7 Å². The Balaban J connectivity index is 1.67. The number of aryl methyl sites for hydroxylation is 1. The largest absolute Gasteiger partial charge is 0.295 e. The smallest absolute Gasteiger partial charge is 0.277 e. The number of benzene rings is 1. The van der Waals surface area contributed by atoms with Gasteiger partial charge in [-0.1, -0.05) is 42.9 Å². The minimum Gasteiger partial charge on any atom is -0.295 e. The van der Waals surface area contributed by atoms with E-state index >= 15 is 0 Å². The average Bonchev–Trinajstić information content (AvgIpc) is 3.23. The van der Waals surface area contributed by atoms with E-state index in [4.69, 9.17) is 0 Å². The molecule has 0 fully saturated rings. The first-order valence-electron chi connectivity index (χ1n) is 7.51. The molecule has 3 aromatic rings. The summed E-state index contributed by atoms with van der Waals surface area (Å²) < 4.78 is 1.67. The van der Waals surface area contributed by atoms with E-state index < -0.39 is 0 Å². The van der Waals surface area contributed by atoms with Crippen molar-refractivity contribution in [2.24, 2.45) is 0 Å². The number of aromatic nitrogens is 4. The highest BCUT2D eigenvalue weighted by Gasteiger charge is 2.13. The third kappa shape index (κ3) is 3.81. The minimum absolute atomic E-state index is 0.280. The number of rotatable bonds is 6. The van der Waals surface area contributed by atoms with Crippen molar-refractivity contribution >= 4 is 22.4 Å². The summed E-state index contributed by atoms with van der Waals surface area (Å²) in [5.74, 6) is -0.280. The van der Waals surface area contributed by atoms with E-state index in [0.717, 1.165) is 30.0 Å². The molecule has 2 aromatic heterocycles. The van der Waals surface area contributed by atoms with Crippen LogP contribution in [0.2, 0.25) is 0 Å². The molecule has 1 aromatic carbocycles. The number of nitrogens with zero attached hydrogens (tertiary/aromatic N) is 4. The van der Waals surface area contributed by atoms with Crippen LogP contribution in [-0.2, 0) is 6.42 Å². The number of hydrogen-bond acceptors (Lipinski definition) is 5. The van der Waals surface area contributed by atoms with Gasteiger partial charge >= 0.3 is 0 Å². The van der Waals surface area contributed by atoms with Gasteiger partial charge in [0.25, 0.3) is 5.91 Å². The van der Waals surface area contributed by atoms with Crippen LogP contribution in [0, 0.1) is 0 Å². The molecule has 0 aliphatic carbocycles. The number of para-hydroxylation sites is 1. The lowest BCUT2D eigenvalue weighted by atomic mass is 10.3. The Labute approximate surface area is 138 Å². The molecule has 2 heterocycles. The summed E-state index contributed by atoms with van der Waals surface area (Å²) in [5.41, 5.74) is 1.25. The number of amides is 1. The Kier molecular flexibility index (Phi) is 4.77. The van der Waals surface area contributed by atoms with Crippen LogP contribution in [0.1, 0.15) is 35.3 Å². The fourth-order valence-electron chi connectivity index (χ4n) is 2.06. The van der Waals surface area contributed by atoms with Crippen LogP contribution in [0.15, 0.2) is 42.6 Å². The zero-order chi connectivity index (χ0) is 16.1. The minimum atomic E-state index is -0.280. The molecule has 0 spiro atoms. The molecule has 23 heavy (non-hydrogen) atoms. The second-order valence-corrected chi connectivity index (χ2v) is 6.10. The standard InChI is InChI=1S/C16H17N5OS/c1-2-3-9-14-18-19-16(23-14)17-15(22)13-10-11-21(20-13)12-7-5-4-6-8-12/h4-8,10-11H,2-3,9H2,1H3,(H,17,19,22). The van der Waals surface area contributed by atoms with Crippen LogP contribution in [0.25, 0.3) is 5.69 Å². The second-order valence-electron chi connectivity index (χ2n) is 5.04. The highest BCUT2D eigenvalue weighted by molar-refractivity contribution is 7.15. The van der Waals surface area contributed by atoms with Gasteiger partial charge in [-0.15, -0.1) is 10.2 Å². The van der Waals surface area contributed by atoms with Crippen LogP contribution in [0.5, 0.6) is 0 Å². The molecule has 1 N–H and O–H groups in total.